The predicted molar refractivity (Wildman–Crippen MR) is 124 cm³/mol. The van der Waals surface area contributed by atoms with E-state index in [0.717, 1.165) is 27.9 Å². The predicted octanol–water partition coefficient (Wildman–Crippen LogP) is 2.69. The Labute approximate surface area is 184 Å². The molecule has 9 heteroatoms. The number of anilines is 1. The van der Waals surface area contributed by atoms with Gasteiger partial charge < -0.3 is 14.6 Å². The van der Waals surface area contributed by atoms with Crippen LogP contribution in [0.5, 0.6) is 5.75 Å². The molecule has 0 saturated heterocycles. The van der Waals surface area contributed by atoms with Gasteiger partial charge in [-0.15, -0.1) is 0 Å². The summed E-state index contributed by atoms with van der Waals surface area (Å²) >= 11 is 0. The van der Waals surface area contributed by atoms with E-state index >= 15 is 0 Å². The van der Waals surface area contributed by atoms with E-state index in [2.05, 4.69) is 15.3 Å². The molecule has 0 spiro atoms. The highest BCUT2D eigenvalue weighted by atomic mass is 16.5. The second-order valence-electron chi connectivity index (χ2n) is 7.32. The van der Waals surface area contributed by atoms with Gasteiger partial charge >= 0.3 is 0 Å². The van der Waals surface area contributed by atoms with Crippen LogP contribution in [0.3, 0.4) is 0 Å². The van der Waals surface area contributed by atoms with Crippen LogP contribution in [0.2, 0.25) is 0 Å². The van der Waals surface area contributed by atoms with E-state index in [1.54, 1.807) is 30.5 Å². The maximum atomic E-state index is 12.6. The fourth-order valence-electron chi connectivity index (χ4n) is 3.21. The van der Waals surface area contributed by atoms with Crippen LogP contribution < -0.4 is 10.1 Å². The number of aryl methyl sites for hydroxylation is 1. The number of carbonyl (C=O) groups excluding carboxylic acids is 1. The number of nitrogens with zero attached hydrogens (tertiary/aromatic N) is 3. The van der Waals surface area contributed by atoms with Crippen molar-refractivity contribution in [3.05, 3.63) is 72.3 Å². The van der Waals surface area contributed by atoms with Gasteiger partial charge in [0.15, 0.2) is 0 Å². The van der Waals surface area contributed by atoms with Crippen LogP contribution in [0.15, 0.2) is 60.9 Å². The van der Waals surface area contributed by atoms with Crippen LogP contribution in [-0.2, 0) is 7.05 Å². The van der Waals surface area contributed by atoms with Crippen molar-refractivity contribution in [1.29, 1.82) is 0 Å². The Hall–Kier alpha value is -3.48. The molecule has 4 rings (SSSR count). The third-order valence-corrected chi connectivity index (χ3v) is 4.89. The first-order chi connectivity index (χ1) is 14.7. The Balaban J connectivity index is 1.55. The van der Waals surface area contributed by atoms with E-state index in [4.69, 9.17) is 28.3 Å². The highest BCUT2D eigenvalue weighted by Gasteiger charge is 2.13. The largest absolute Gasteiger partial charge is 0.516 e. The molecule has 0 aliphatic heterocycles. The van der Waals surface area contributed by atoms with E-state index in [1.807, 2.05) is 49.0 Å². The maximum Gasteiger partial charge on any atom is 0.256 e. The Morgan fingerprint density at radius 1 is 1.00 bits per heavy atom. The smallest absolute Gasteiger partial charge is 0.256 e. The lowest BCUT2D eigenvalue weighted by Crippen LogP contribution is -2.37. The van der Waals surface area contributed by atoms with E-state index in [0.29, 0.717) is 17.1 Å². The number of amides is 1. The molecule has 2 aromatic heterocycles. The van der Waals surface area contributed by atoms with Crippen LogP contribution in [0.25, 0.3) is 22.0 Å². The van der Waals surface area contributed by atoms with Crippen molar-refractivity contribution < 1.29 is 9.53 Å². The van der Waals surface area contributed by atoms with Crippen LogP contribution in [0, 0.1) is 6.92 Å². The first-order valence-corrected chi connectivity index (χ1v) is 9.55. The molecule has 6 nitrogen and oxygen atoms in total. The Morgan fingerprint density at radius 3 is 2.39 bits per heavy atom. The molecule has 146 valence electrons. The zero-order valence-electron chi connectivity index (χ0n) is 17.2. The average molecular weight is 402 g/mol. The summed E-state index contributed by atoms with van der Waals surface area (Å²) in [5, 5.41) is 2.95. The third kappa shape index (κ3) is 4.66. The number of nitrogens with one attached hydrogen (secondary N) is 1. The average Bonchev–Trinajstić information content (AvgIpc) is 3.05. The summed E-state index contributed by atoms with van der Waals surface area (Å²) in [6.45, 7) is 1.96. The van der Waals surface area contributed by atoms with Gasteiger partial charge in [0, 0.05) is 29.8 Å². The van der Waals surface area contributed by atoms with E-state index < -0.39 is 5.30 Å². The molecule has 31 heavy (non-hydrogen) atoms. The van der Waals surface area contributed by atoms with Gasteiger partial charge in [-0.1, -0.05) is 12.1 Å². The number of fused-ring (bicyclic) bond motifs is 1. The Morgan fingerprint density at radius 2 is 1.74 bits per heavy atom. The fraction of sp³-hybridized carbons (Fsp3) is 0.136. The first kappa shape index (κ1) is 20.8. The van der Waals surface area contributed by atoms with Crippen LogP contribution in [0.1, 0.15) is 16.2 Å². The van der Waals surface area contributed by atoms with Crippen molar-refractivity contribution in [2.75, 3.05) is 5.32 Å². The van der Waals surface area contributed by atoms with Crippen molar-refractivity contribution in [1.82, 2.24) is 14.5 Å². The first-order valence-electron chi connectivity index (χ1n) is 9.55. The lowest BCUT2D eigenvalue weighted by Gasteiger charge is -2.23. The molecule has 0 unspecified atom stereocenters. The molecule has 6 radical (unpaired) electrons. The number of hydrogen-bond acceptors (Lipinski definition) is 4. The lowest BCUT2D eigenvalue weighted by atomic mass is 9.52. The van der Waals surface area contributed by atoms with Crippen molar-refractivity contribution in [3.63, 3.8) is 0 Å². The van der Waals surface area contributed by atoms with E-state index in [-0.39, 0.29) is 5.91 Å². The van der Waals surface area contributed by atoms with Crippen molar-refractivity contribution in [2.45, 2.75) is 12.2 Å². The third-order valence-electron chi connectivity index (χ3n) is 4.89. The van der Waals surface area contributed by atoms with Gasteiger partial charge in [0.05, 0.1) is 11.9 Å². The molecule has 0 aliphatic carbocycles. The summed E-state index contributed by atoms with van der Waals surface area (Å²) in [7, 11) is 18.2. The SMILES string of the molecule is [B]C([B])([B])Oc1ccc(C(=O)Nc2cc3cc(-c4cnc(C)n4C)ccc3cn2)cc1. The summed E-state index contributed by atoms with van der Waals surface area (Å²) < 4.78 is 7.17. The molecule has 2 aromatic carbocycles. The quantitative estimate of drug-likeness (QED) is 0.522. The van der Waals surface area contributed by atoms with Gasteiger partial charge in [-0.05, 0) is 54.0 Å². The fourth-order valence-corrected chi connectivity index (χ4v) is 3.21. The van der Waals surface area contributed by atoms with Gasteiger partial charge in [-0.25, -0.2) is 9.97 Å². The molecular weight excluding hydrogens is 385 g/mol. The molecule has 0 fully saturated rings. The topological polar surface area (TPSA) is 69.0 Å². The number of carbonyl (C=O) groups is 1. The summed E-state index contributed by atoms with van der Waals surface area (Å²) in [5.41, 5.74) is 2.47. The van der Waals surface area contributed by atoms with Crippen LogP contribution >= 0.6 is 0 Å². The highest BCUT2D eigenvalue weighted by molar-refractivity contribution is 6.58. The summed E-state index contributed by atoms with van der Waals surface area (Å²) in [6, 6.07) is 14.2. The van der Waals surface area contributed by atoms with E-state index in [1.165, 1.54) is 0 Å². The molecule has 0 aliphatic rings. The Kier molecular flexibility index (Phi) is 5.35. The lowest BCUT2D eigenvalue weighted by molar-refractivity contribution is 0.102. The van der Waals surface area contributed by atoms with E-state index in [9.17, 15) is 4.79 Å². The van der Waals surface area contributed by atoms with Crippen LogP contribution in [0.4, 0.5) is 5.82 Å². The van der Waals surface area contributed by atoms with Gasteiger partial charge in [0.2, 0.25) is 0 Å². The zero-order valence-corrected chi connectivity index (χ0v) is 17.2. The van der Waals surface area contributed by atoms with Crippen molar-refractivity contribution in [2.24, 2.45) is 7.05 Å². The van der Waals surface area contributed by atoms with Crippen molar-refractivity contribution >= 4 is 46.0 Å². The molecule has 0 saturated carbocycles. The molecule has 0 bridgehead atoms. The van der Waals surface area contributed by atoms with Gasteiger partial charge in [0.1, 0.15) is 40.9 Å². The molecule has 0 atom stereocenters. The molecule has 2 heterocycles. The number of rotatable bonds is 5. The second kappa shape index (κ2) is 7.98. The summed E-state index contributed by atoms with van der Waals surface area (Å²) in [6.07, 6.45) is 3.57. The number of aromatic nitrogens is 3. The number of benzene rings is 2. The molecular formula is C22H17B3N4O2. The summed E-state index contributed by atoms with van der Waals surface area (Å²) in [5.74, 6) is 1.42. The maximum absolute atomic E-state index is 12.6. The minimum atomic E-state index is -1.79. The van der Waals surface area contributed by atoms with Gasteiger partial charge in [-0.3, -0.25) is 4.79 Å². The Bertz CT molecular complexity index is 1260. The molecule has 4 aromatic rings. The molecule has 1 amide bonds. The zero-order chi connectivity index (χ0) is 22.2. The van der Waals surface area contributed by atoms with Crippen LogP contribution in [-0.4, -0.2) is 49.3 Å². The minimum absolute atomic E-state index is 0.309. The van der Waals surface area contributed by atoms with Gasteiger partial charge in [-0.2, -0.15) is 0 Å². The second-order valence-corrected chi connectivity index (χ2v) is 7.32. The van der Waals surface area contributed by atoms with Gasteiger partial charge in [0.25, 0.3) is 5.91 Å². The normalized spacial score (nSPS) is 11.4. The van der Waals surface area contributed by atoms with Crippen molar-refractivity contribution in [3.8, 4) is 17.0 Å². The minimum Gasteiger partial charge on any atom is -0.516 e. The monoisotopic (exact) mass is 402 g/mol. The molecule has 1 N–H and O–H groups in total. The standard InChI is InChI=1S/C22H17B3N4O2/c1-13-26-12-19(29(13)2)15-3-4-16-11-27-20(10-17(16)9-15)28-21(30)14-5-7-18(8-6-14)31-22(23,24)25/h3-12H,1-2H3,(H,27,28,30). The number of imidazole rings is 1. The summed E-state index contributed by atoms with van der Waals surface area (Å²) in [4.78, 5) is 21.3. The highest BCUT2D eigenvalue weighted by Crippen LogP contribution is 2.26. The number of pyridine rings is 1. The number of hydrogen-bond donors (Lipinski definition) is 1. The number of ether oxygens (including phenoxy) is 1.